The molecular weight excluding hydrogens is 408 g/mol. The Morgan fingerprint density at radius 1 is 1.19 bits per heavy atom. The highest BCUT2D eigenvalue weighted by Crippen LogP contribution is 2.23. The van der Waals surface area contributed by atoms with Crippen LogP contribution >= 0.6 is 11.3 Å². The molecule has 4 rings (SSSR count). The van der Waals surface area contributed by atoms with Crippen LogP contribution < -0.4 is 0 Å². The van der Waals surface area contributed by atoms with Crippen LogP contribution in [0.5, 0.6) is 0 Å². The van der Waals surface area contributed by atoms with Crippen molar-refractivity contribution in [3.05, 3.63) is 71.5 Å². The maximum absolute atomic E-state index is 13.4. The molecular formula is C24H28N4O2S. The van der Waals surface area contributed by atoms with E-state index in [1.54, 1.807) is 23.7 Å². The molecule has 6 nitrogen and oxygen atoms in total. The predicted octanol–water partition coefficient (Wildman–Crippen LogP) is 3.50. The summed E-state index contributed by atoms with van der Waals surface area (Å²) in [4.78, 5) is 26.6. The molecule has 1 aromatic carbocycles. The number of nitrogens with zero attached hydrogens (tertiary/aromatic N) is 4. The van der Waals surface area contributed by atoms with E-state index in [-0.39, 0.29) is 11.9 Å². The summed E-state index contributed by atoms with van der Waals surface area (Å²) >= 11 is 1.55. The van der Waals surface area contributed by atoms with Crippen molar-refractivity contribution in [1.82, 2.24) is 19.8 Å². The Kier molecular flexibility index (Phi) is 7.40. The predicted molar refractivity (Wildman–Crippen MR) is 123 cm³/mol. The third kappa shape index (κ3) is 5.97. The molecule has 0 radical (unpaired) electrons. The quantitative estimate of drug-likeness (QED) is 0.541. The molecule has 0 bridgehead atoms. The van der Waals surface area contributed by atoms with Crippen molar-refractivity contribution in [3.8, 4) is 10.6 Å². The number of hydrogen-bond acceptors (Lipinski definition) is 6. The number of hydrogen-bond donors (Lipinski definition) is 0. The van der Waals surface area contributed by atoms with E-state index in [2.05, 4.69) is 33.9 Å². The molecule has 1 fully saturated rings. The van der Waals surface area contributed by atoms with Gasteiger partial charge in [0, 0.05) is 55.6 Å². The number of carbonyl (C=O) groups excluding carboxylic acids is 1. The van der Waals surface area contributed by atoms with Crippen molar-refractivity contribution in [2.24, 2.45) is 0 Å². The number of ether oxygens (including phenoxy) is 1. The molecule has 1 unspecified atom stereocenters. The van der Waals surface area contributed by atoms with Gasteiger partial charge in [0.05, 0.1) is 25.3 Å². The first-order chi connectivity index (χ1) is 15.2. The van der Waals surface area contributed by atoms with E-state index >= 15 is 0 Å². The third-order valence-corrected chi connectivity index (χ3v) is 6.41. The maximum Gasteiger partial charge on any atom is 0.229 e. The van der Waals surface area contributed by atoms with E-state index in [4.69, 9.17) is 4.74 Å². The molecule has 162 valence electrons. The van der Waals surface area contributed by atoms with Gasteiger partial charge in [-0.3, -0.25) is 14.7 Å². The number of thiazole rings is 1. The zero-order valence-corrected chi connectivity index (χ0v) is 18.6. The SMILES string of the molecule is CC(CN1CCOCC1)N(Cc1ccccc1)C(=O)Cc1csc(-c2cccnc2)n1. The molecule has 31 heavy (non-hydrogen) atoms. The van der Waals surface area contributed by atoms with Gasteiger partial charge in [0.25, 0.3) is 0 Å². The smallest absolute Gasteiger partial charge is 0.229 e. The molecule has 1 aliphatic heterocycles. The zero-order chi connectivity index (χ0) is 21.5. The van der Waals surface area contributed by atoms with Crippen LogP contribution in [-0.4, -0.2) is 64.6 Å². The van der Waals surface area contributed by atoms with E-state index in [9.17, 15) is 4.79 Å². The van der Waals surface area contributed by atoms with E-state index in [0.717, 1.165) is 54.7 Å². The van der Waals surface area contributed by atoms with Gasteiger partial charge in [0.15, 0.2) is 0 Å². The second kappa shape index (κ2) is 10.6. The Hall–Kier alpha value is -2.61. The molecule has 3 heterocycles. The number of carbonyl (C=O) groups is 1. The van der Waals surface area contributed by atoms with Gasteiger partial charge >= 0.3 is 0 Å². The summed E-state index contributed by atoms with van der Waals surface area (Å²) in [5.41, 5.74) is 2.93. The standard InChI is InChI=1S/C24H28N4O2S/c1-19(16-27-10-12-30-13-11-27)28(17-20-6-3-2-4-7-20)23(29)14-22-18-31-24(26-22)21-8-5-9-25-15-21/h2-9,15,18-19H,10-14,16-17H2,1H3. The molecule has 1 atom stereocenters. The van der Waals surface area contributed by atoms with Crippen molar-refractivity contribution in [2.75, 3.05) is 32.8 Å². The molecule has 0 saturated carbocycles. The second-order valence-corrected chi connectivity index (χ2v) is 8.69. The third-order valence-electron chi connectivity index (χ3n) is 5.47. The number of aromatic nitrogens is 2. The molecule has 2 aromatic heterocycles. The lowest BCUT2D eigenvalue weighted by molar-refractivity contribution is -0.133. The van der Waals surface area contributed by atoms with Crippen LogP contribution in [0.3, 0.4) is 0 Å². The van der Waals surface area contributed by atoms with E-state index in [1.165, 1.54) is 0 Å². The summed E-state index contributed by atoms with van der Waals surface area (Å²) in [7, 11) is 0. The first-order valence-corrected chi connectivity index (χ1v) is 11.6. The van der Waals surface area contributed by atoms with Gasteiger partial charge in [0.2, 0.25) is 5.91 Å². The summed E-state index contributed by atoms with van der Waals surface area (Å²) in [5, 5.41) is 2.87. The average molecular weight is 437 g/mol. The van der Waals surface area contributed by atoms with Crippen molar-refractivity contribution in [1.29, 1.82) is 0 Å². The first-order valence-electron chi connectivity index (χ1n) is 10.7. The lowest BCUT2D eigenvalue weighted by Crippen LogP contribution is -2.48. The normalized spacial score (nSPS) is 15.5. The molecule has 3 aromatic rings. The van der Waals surface area contributed by atoms with Crippen LogP contribution in [0.25, 0.3) is 10.6 Å². The Morgan fingerprint density at radius 3 is 2.74 bits per heavy atom. The summed E-state index contributed by atoms with van der Waals surface area (Å²) in [6.45, 7) is 6.93. The summed E-state index contributed by atoms with van der Waals surface area (Å²) < 4.78 is 5.47. The lowest BCUT2D eigenvalue weighted by atomic mass is 10.1. The highest BCUT2D eigenvalue weighted by molar-refractivity contribution is 7.13. The minimum atomic E-state index is 0.0993. The van der Waals surface area contributed by atoms with Gasteiger partial charge in [0.1, 0.15) is 5.01 Å². The fraction of sp³-hybridized carbons (Fsp3) is 0.375. The molecule has 0 aliphatic carbocycles. The van der Waals surface area contributed by atoms with Crippen molar-refractivity contribution >= 4 is 17.2 Å². The summed E-state index contributed by atoms with van der Waals surface area (Å²) in [6, 6.07) is 14.2. The Bertz CT molecular complexity index is 958. The second-order valence-electron chi connectivity index (χ2n) is 7.83. The highest BCUT2D eigenvalue weighted by atomic mass is 32.1. The first kappa shape index (κ1) is 21.6. The summed E-state index contributed by atoms with van der Waals surface area (Å²) in [5.74, 6) is 0.104. The summed E-state index contributed by atoms with van der Waals surface area (Å²) in [6.07, 6.45) is 3.85. The Morgan fingerprint density at radius 2 is 2.00 bits per heavy atom. The Labute approximate surface area is 187 Å². The van der Waals surface area contributed by atoms with E-state index in [0.29, 0.717) is 13.0 Å². The Balaban J connectivity index is 1.47. The monoisotopic (exact) mass is 436 g/mol. The van der Waals surface area contributed by atoms with Gasteiger partial charge in [-0.2, -0.15) is 0 Å². The van der Waals surface area contributed by atoms with Gasteiger partial charge in [-0.1, -0.05) is 30.3 Å². The molecule has 0 N–H and O–H groups in total. The molecule has 1 amide bonds. The van der Waals surface area contributed by atoms with Crippen LogP contribution in [-0.2, 0) is 22.5 Å². The number of pyridine rings is 1. The van der Waals surface area contributed by atoms with Gasteiger partial charge in [-0.25, -0.2) is 4.98 Å². The van der Waals surface area contributed by atoms with Crippen molar-refractivity contribution in [2.45, 2.75) is 25.9 Å². The fourth-order valence-corrected chi connectivity index (χ4v) is 4.60. The van der Waals surface area contributed by atoms with Crippen molar-refractivity contribution < 1.29 is 9.53 Å². The molecule has 1 aliphatic rings. The van der Waals surface area contributed by atoms with Gasteiger partial charge < -0.3 is 9.64 Å². The highest BCUT2D eigenvalue weighted by Gasteiger charge is 2.24. The number of benzene rings is 1. The topological polar surface area (TPSA) is 58.6 Å². The molecule has 0 spiro atoms. The largest absolute Gasteiger partial charge is 0.379 e. The fourth-order valence-electron chi connectivity index (χ4n) is 3.79. The zero-order valence-electron chi connectivity index (χ0n) is 17.8. The van der Waals surface area contributed by atoms with Crippen LogP contribution in [0.2, 0.25) is 0 Å². The van der Waals surface area contributed by atoms with Crippen LogP contribution in [0.1, 0.15) is 18.2 Å². The van der Waals surface area contributed by atoms with Crippen LogP contribution in [0.15, 0.2) is 60.2 Å². The number of rotatable bonds is 8. The maximum atomic E-state index is 13.4. The van der Waals surface area contributed by atoms with Gasteiger partial charge in [-0.05, 0) is 24.6 Å². The average Bonchev–Trinajstić information content (AvgIpc) is 3.28. The van der Waals surface area contributed by atoms with Crippen LogP contribution in [0, 0.1) is 0 Å². The lowest BCUT2D eigenvalue weighted by Gasteiger charge is -2.35. The molecule has 7 heteroatoms. The van der Waals surface area contributed by atoms with E-state index in [1.807, 2.05) is 40.6 Å². The van der Waals surface area contributed by atoms with E-state index < -0.39 is 0 Å². The van der Waals surface area contributed by atoms with Crippen molar-refractivity contribution in [3.63, 3.8) is 0 Å². The number of morpholine rings is 1. The minimum absolute atomic E-state index is 0.0993. The minimum Gasteiger partial charge on any atom is -0.379 e. The number of amides is 1. The molecule has 1 saturated heterocycles. The van der Waals surface area contributed by atoms with Crippen LogP contribution in [0.4, 0.5) is 0 Å². The van der Waals surface area contributed by atoms with Gasteiger partial charge in [-0.15, -0.1) is 11.3 Å².